The van der Waals surface area contributed by atoms with Crippen molar-refractivity contribution in [1.82, 2.24) is 15.4 Å². The number of ether oxygens (including phenoxy) is 1. The van der Waals surface area contributed by atoms with Gasteiger partial charge in [-0.2, -0.15) is 0 Å². The number of nitrogens with one attached hydrogen (secondary N) is 2. The fourth-order valence-corrected chi connectivity index (χ4v) is 5.31. The van der Waals surface area contributed by atoms with Crippen molar-refractivity contribution >= 4 is 29.2 Å². The van der Waals surface area contributed by atoms with Gasteiger partial charge in [-0.25, -0.2) is 14.8 Å². The Labute approximate surface area is 195 Å². The van der Waals surface area contributed by atoms with E-state index in [1.807, 2.05) is 6.07 Å². The minimum atomic E-state index is -1.63. The summed E-state index contributed by atoms with van der Waals surface area (Å²) in [6.45, 7) is 1.81. The minimum absolute atomic E-state index is 0.0391. The van der Waals surface area contributed by atoms with Crippen molar-refractivity contribution in [3.63, 3.8) is 0 Å². The Morgan fingerprint density at radius 1 is 1.18 bits per heavy atom. The zero-order chi connectivity index (χ0) is 23.4. The van der Waals surface area contributed by atoms with E-state index in [0.29, 0.717) is 53.2 Å². The van der Waals surface area contributed by atoms with E-state index < -0.39 is 17.3 Å². The van der Waals surface area contributed by atoms with Crippen LogP contribution < -0.4 is 10.7 Å². The van der Waals surface area contributed by atoms with Crippen molar-refractivity contribution in [2.45, 2.75) is 31.6 Å². The van der Waals surface area contributed by atoms with Gasteiger partial charge >= 0.3 is 5.97 Å². The van der Waals surface area contributed by atoms with E-state index in [1.54, 1.807) is 54.7 Å². The Kier molecular flexibility index (Phi) is 4.41. The molecule has 0 radical (unpaired) electrons. The molecule has 1 aromatic carbocycles. The first-order valence-corrected chi connectivity index (χ1v) is 11.2. The zero-order valence-electron chi connectivity index (χ0n) is 18.4. The molecule has 0 saturated heterocycles. The van der Waals surface area contributed by atoms with E-state index in [0.717, 1.165) is 0 Å². The van der Waals surface area contributed by atoms with E-state index in [-0.39, 0.29) is 23.8 Å². The summed E-state index contributed by atoms with van der Waals surface area (Å²) >= 11 is 0. The lowest BCUT2D eigenvalue weighted by molar-refractivity contribution is -0.140. The van der Waals surface area contributed by atoms with Crippen LogP contribution >= 0.6 is 0 Å². The minimum Gasteiger partial charge on any atom is -0.462 e. The number of nitrogens with zero attached hydrogens (tertiary/aromatic N) is 3. The lowest BCUT2D eigenvalue weighted by Gasteiger charge is -2.42. The molecule has 3 aliphatic heterocycles. The second-order valence-electron chi connectivity index (χ2n) is 8.42. The van der Waals surface area contributed by atoms with Crippen molar-refractivity contribution in [2.24, 2.45) is 4.99 Å². The second kappa shape index (κ2) is 7.38. The van der Waals surface area contributed by atoms with Crippen molar-refractivity contribution in [1.29, 1.82) is 0 Å². The number of esters is 1. The summed E-state index contributed by atoms with van der Waals surface area (Å²) in [5.74, 6) is -0.560. The van der Waals surface area contributed by atoms with Gasteiger partial charge in [0, 0.05) is 41.2 Å². The first-order valence-electron chi connectivity index (χ1n) is 11.2. The number of aromatic nitrogens is 1. The van der Waals surface area contributed by atoms with Gasteiger partial charge in [-0.1, -0.05) is 18.2 Å². The largest absolute Gasteiger partial charge is 0.462 e. The van der Waals surface area contributed by atoms with Gasteiger partial charge < -0.3 is 10.1 Å². The smallest absolute Gasteiger partial charge is 0.339 e. The fraction of sp³-hybridized carbons (Fsp3) is 0.240. The molecular formula is C25H21N5O4. The fourth-order valence-electron chi connectivity index (χ4n) is 5.31. The molecule has 0 saturated carbocycles. The second-order valence-corrected chi connectivity index (χ2v) is 8.42. The predicted octanol–water partition coefficient (Wildman–Crippen LogP) is 2.33. The molecule has 2 N–H and O–H groups in total. The van der Waals surface area contributed by atoms with Gasteiger partial charge in [0.25, 0.3) is 0 Å². The molecule has 4 heterocycles. The number of para-hydroxylation sites is 1. The number of benzene rings is 1. The number of fused-ring (bicyclic) bond motifs is 5. The maximum absolute atomic E-state index is 13.8. The third-order valence-corrected chi connectivity index (χ3v) is 6.61. The van der Waals surface area contributed by atoms with Crippen molar-refractivity contribution in [3.05, 3.63) is 82.6 Å². The highest BCUT2D eigenvalue weighted by molar-refractivity contribution is 6.23. The highest BCUT2D eigenvalue weighted by Gasteiger charge is 2.62. The standard InChI is InChI=1S/C25H21N5O4/c1-2-34-23(32)20-22-28-21(14-7-6-12-26-13-14)29-30(22)17-10-5-11-18(31)19(17)25(20)15-8-3-4-9-16(15)27-24(25)33/h3-4,6-9,12-13H,2,5,10-11H2,1H3,(H,27,33)(H,28,29). The number of carbonyl (C=O) groups excluding carboxylic acids is 3. The van der Waals surface area contributed by atoms with Crippen LogP contribution in [0.1, 0.15) is 37.3 Å². The average Bonchev–Trinajstić information content (AvgIpc) is 3.41. The number of hydrazine groups is 1. The molecule has 9 nitrogen and oxygen atoms in total. The van der Waals surface area contributed by atoms with Gasteiger partial charge in [0.2, 0.25) is 5.91 Å². The van der Waals surface area contributed by atoms with Gasteiger partial charge in [-0.15, -0.1) is 0 Å². The number of allylic oxidation sites excluding steroid dienone is 1. The van der Waals surface area contributed by atoms with E-state index in [9.17, 15) is 14.4 Å². The van der Waals surface area contributed by atoms with Crippen LogP contribution in [0.5, 0.6) is 0 Å². The van der Waals surface area contributed by atoms with Gasteiger partial charge in [-0.3, -0.25) is 20.0 Å². The van der Waals surface area contributed by atoms with E-state index in [2.05, 4.69) is 15.7 Å². The molecule has 2 aromatic rings. The van der Waals surface area contributed by atoms with Gasteiger partial charge in [-0.05, 0) is 38.0 Å². The van der Waals surface area contributed by atoms with Crippen LogP contribution in [0.25, 0.3) is 0 Å². The van der Waals surface area contributed by atoms with Crippen LogP contribution in [0, 0.1) is 0 Å². The van der Waals surface area contributed by atoms with Gasteiger partial charge in [0.1, 0.15) is 11.0 Å². The number of hydrogen-bond acceptors (Lipinski definition) is 8. The molecule has 170 valence electrons. The predicted molar refractivity (Wildman–Crippen MR) is 122 cm³/mol. The molecule has 6 rings (SSSR count). The molecule has 1 aliphatic carbocycles. The third-order valence-electron chi connectivity index (χ3n) is 6.61. The molecule has 1 spiro atoms. The highest BCUT2D eigenvalue weighted by Crippen LogP contribution is 2.55. The van der Waals surface area contributed by atoms with E-state index in [1.165, 1.54) is 0 Å². The lowest BCUT2D eigenvalue weighted by atomic mass is 9.63. The van der Waals surface area contributed by atoms with Crippen molar-refractivity contribution < 1.29 is 19.1 Å². The average molecular weight is 455 g/mol. The van der Waals surface area contributed by atoms with Gasteiger partial charge in [0.15, 0.2) is 17.4 Å². The number of ketones is 1. The monoisotopic (exact) mass is 455 g/mol. The molecule has 1 aromatic heterocycles. The summed E-state index contributed by atoms with van der Waals surface area (Å²) in [6, 6.07) is 10.8. The van der Waals surface area contributed by atoms with Crippen molar-refractivity contribution in [3.8, 4) is 0 Å². The lowest BCUT2D eigenvalue weighted by Crippen LogP contribution is -2.52. The maximum Gasteiger partial charge on any atom is 0.339 e. The van der Waals surface area contributed by atoms with Crippen LogP contribution in [0.3, 0.4) is 0 Å². The van der Waals surface area contributed by atoms with E-state index in [4.69, 9.17) is 9.73 Å². The molecule has 34 heavy (non-hydrogen) atoms. The molecular weight excluding hydrogens is 434 g/mol. The number of hydrogen-bond donors (Lipinski definition) is 2. The summed E-state index contributed by atoms with van der Waals surface area (Å²) in [5, 5.41) is 4.56. The molecule has 9 heteroatoms. The van der Waals surface area contributed by atoms with Gasteiger partial charge in [0.05, 0.1) is 12.3 Å². The quantitative estimate of drug-likeness (QED) is 0.683. The first kappa shape index (κ1) is 20.3. The molecule has 1 unspecified atom stereocenters. The molecule has 1 atom stereocenters. The number of amides is 1. The Morgan fingerprint density at radius 2 is 2.03 bits per heavy atom. The van der Waals surface area contributed by atoms with E-state index >= 15 is 0 Å². The summed E-state index contributed by atoms with van der Waals surface area (Å²) < 4.78 is 5.45. The van der Waals surface area contributed by atoms with Crippen LogP contribution in [-0.2, 0) is 24.5 Å². The summed E-state index contributed by atoms with van der Waals surface area (Å²) in [5.41, 5.74) is 4.44. The summed E-state index contributed by atoms with van der Waals surface area (Å²) in [6.07, 6.45) is 4.81. The number of amidine groups is 1. The van der Waals surface area contributed by atoms with Crippen LogP contribution in [0.2, 0.25) is 0 Å². The Hall–Kier alpha value is -4.27. The Balaban J connectivity index is 1.70. The summed E-state index contributed by atoms with van der Waals surface area (Å²) in [4.78, 5) is 49.8. The van der Waals surface area contributed by atoms with Crippen LogP contribution in [-0.4, -0.2) is 40.1 Å². The number of rotatable bonds is 3. The topological polar surface area (TPSA) is 113 Å². The number of carbonyl (C=O) groups is 3. The maximum atomic E-state index is 13.8. The summed E-state index contributed by atoms with van der Waals surface area (Å²) in [7, 11) is 0. The number of anilines is 1. The number of Topliss-reactive ketones (excluding diaryl/α,β-unsaturated/α-hetero) is 1. The van der Waals surface area contributed by atoms with Crippen molar-refractivity contribution in [2.75, 3.05) is 11.9 Å². The zero-order valence-corrected chi connectivity index (χ0v) is 18.4. The van der Waals surface area contributed by atoms with Crippen LogP contribution in [0.15, 0.2) is 76.4 Å². The molecule has 0 fully saturated rings. The normalized spacial score (nSPS) is 22.7. The molecule has 4 aliphatic rings. The SMILES string of the molecule is CCOC(=O)C1=C2N=C(c3cccnc3)NN2C2=C(C(=O)CCC2)C12C(=O)Nc1ccccc12. The van der Waals surface area contributed by atoms with Crippen LogP contribution in [0.4, 0.5) is 5.69 Å². The first-order chi connectivity index (χ1) is 16.6. The number of pyridine rings is 1. The highest BCUT2D eigenvalue weighted by atomic mass is 16.5. The Morgan fingerprint density at radius 3 is 2.82 bits per heavy atom. The number of aliphatic imine (C=N–C) groups is 1. The Bertz CT molecular complexity index is 1360. The molecule has 0 bridgehead atoms. The molecule has 1 amide bonds. The third kappa shape index (κ3) is 2.57.